The van der Waals surface area contributed by atoms with E-state index in [1.807, 2.05) is 30.3 Å². The second-order valence-electron chi connectivity index (χ2n) is 9.35. The summed E-state index contributed by atoms with van der Waals surface area (Å²) in [5.74, 6) is 0.0481. The van der Waals surface area contributed by atoms with Crippen LogP contribution in [0.1, 0.15) is 38.7 Å². The monoisotopic (exact) mass is 509 g/mol. The summed E-state index contributed by atoms with van der Waals surface area (Å²) in [5.41, 5.74) is -0.118. The number of rotatable bonds is 6. The van der Waals surface area contributed by atoms with Crippen LogP contribution >= 0.6 is 0 Å². The molecule has 2 heterocycles. The largest absolute Gasteiger partial charge is 0.416 e. The molecule has 0 saturated carbocycles. The van der Waals surface area contributed by atoms with Crippen molar-refractivity contribution in [3.8, 4) is 0 Å². The maximum absolute atomic E-state index is 13.4. The lowest BCUT2D eigenvalue weighted by Gasteiger charge is -2.41. The standard InChI is InChI=1S/C25H30F3N3O3S/c1-18(2)31(35(33,34)22-10-6-7-19(17-22)25(26,27)28)21-11-14-29(15-12-21)23-13-16-30(24(23)32)20-8-4-3-5-9-20/h3-10,17-18,21,23H,11-16H2,1-2H3. The summed E-state index contributed by atoms with van der Waals surface area (Å²) in [4.78, 5) is 16.6. The highest BCUT2D eigenvalue weighted by atomic mass is 32.2. The van der Waals surface area contributed by atoms with Crippen molar-refractivity contribution < 1.29 is 26.4 Å². The van der Waals surface area contributed by atoms with Gasteiger partial charge in [0.15, 0.2) is 0 Å². The van der Waals surface area contributed by atoms with Gasteiger partial charge >= 0.3 is 6.18 Å². The molecule has 35 heavy (non-hydrogen) atoms. The number of benzene rings is 2. The van der Waals surface area contributed by atoms with Gasteiger partial charge in [0.25, 0.3) is 0 Å². The fourth-order valence-corrected chi connectivity index (χ4v) is 7.10. The number of amides is 1. The van der Waals surface area contributed by atoms with E-state index in [9.17, 15) is 26.4 Å². The molecule has 190 valence electrons. The van der Waals surface area contributed by atoms with Crippen molar-refractivity contribution in [2.24, 2.45) is 0 Å². The molecular formula is C25H30F3N3O3S. The molecule has 0 spiro atoms. The highest BCUT2D eigenvalue weighted by molar-refractivity contribution is 7.89. The topological polar surface area (TPSA) is 60.9 Å². The van der Waals surface area contributed by atoms with Crippen LogP contribution in [0.3, 0.4) is 0 Å². The van der Waals surface area contributed by atoms with Crippen LogP contribution in [-0.2, 0) is 21.0 Å². The molecule has 2 fully saturated rings. The van der Waals surface area contributed by atoms with Gasteiger partial charge in [-0.1, -0.05) is 24.3 Å². The third-order valence-corrected chi connectivity index (χ3v) is 8.92. The summed E-state index contributed by atoms with van der Waals surface area (Å²) in [7, 11) is -4.14. The summed E-state index contributed by atoms with van der Waals surface area (Å²) < 4.78 is 67.7. The van der Waals surface area contributed by atoms with Gasteiger partial charge in [0.05, 0.1) is 16.5 Å². The van der Waals surface area contributed by atoms with E-state index in [0.29, 0.717) is 45.0 Å². The van der Waals surface area contributed by atoms with E-state index in [4.69, 9.17) is 0 Å². The average molecular weight is 510 g/mol. The molecule has 4 rings (SSSR count). The number of sulfonamides is 1. The molecule has 1 unspecified atom stereocenters. The molecule has 2 aromatic carbocycles. The molecule has 2 aliphatic heterocycles. The van der Waals surface area contributed by atoms with E-state index in [1.165, 1.54) is 10.4 Å². The SMILES string of the molecule is CC(C)N(C1CCN(C2CCN(c3ccccc3)C2=O)CC1)S(=O)(=O)c1cccc(C(F)(F)F)c1. The van der Waals surface area contributed by atoms with E-state index in [0.717, 1.165) is 17.8 Å². The first kappa shape index (κ1) is 25.7. The third-order valence-electron chi connectivity index (χ3n) is 6.79. The Kier molecular flexibility index (Phi) is 7.26. The normalized spacial score (nSPS) is 20.8. The van der Waals surface area contributed by atoms with Gasteiger partial charge in [-0.25, -0.2) is 8.42 Å². The van der Waals surface area contributed by atoms with Crippen LogP contribution in [0.2, 0.25) is 0 Å². The number of piperidine rings is 1. The van der Waals surface area contributed by atoms with Crippen molar-refractivity contribution in [2.75, 3.05) is 24.5 Å². The number of carbonyl (C=O) groups excluding carboxylic acids is 1. The van der Waals surface area contributed by atoms with Crippen molar-refractivity contribution >= 4 is 21.6 Å². The fourth-order valence-electron chi connectivity index (χ4n) is 5.17. The summed E-state index contributed by atoms with van der Waals surface area (Å²) in [6.07, 6.45) is -2.91. The minimum atomic E-state index is -4.62. The van der Waals surface area contributed by atoms with E-state index in [-0.39, 0.29) is 22.9 Å². The summed E-state index contributed by atoms with van der Waals surface area (Å²) in [6.45, 7) is 5.19. The Bertz CT molecular complexity index is 1150. The number of anilines is 1. The summed E-state index contributed by atoms with van der Waals surface area (Å²) in [5, 5.41) is 0. The zero-order valence-corrected chi connectivity index (χ0v) is 20.6. The number of likely N-dealkylation sites (tertiary alicyclic amines) is 1. The zero-order chi connectivity index (χ0) is 25.4. The molecule has 2 aliphatic rings. The van der Waals surface area contributed by atoms with Crippen molar-refractivity contribution in [3.05, 3.63) is 60.2 Å². The molecule has 0 N–H and O–H groups in total. The molecular weight excluding hydrogens is 479 g/mol. The molecule has 1 atom stereocenters. The Labute approximate surface area is 204 Å². The molecule has 0 aliphatic carbocycles. The quantitative estimate of drug-likeness (QED) is 0.580. The van der Waals surface area contributed by atoms with Crippen LogP contribution in [0.5, 0.6) is 0 Å². The predicted molar refractivity (Wildman–Crippen MR) is 127 cm³/mol. The second-order valence-corrected chi connectivity index (χ2v) is 11.2. The molecule has 2 saturated heterocycles. The van der Waals surface area contributed by atoms with E-state index in [2.05, 4.69) is 4.90 Å². The van der Waals surface area contributed by atoms with Gasteiger partial charge in [-0.15, -0.1) is 0 Å². The van der Waals surface area contributed by atoms with Gasteiger partial charge in [0.2, 0.25) is 15.9 Å². The second kappa shape index (κ2) is 9.91. The minimum absolute atomic E-state index is 0.0481. The number of alkyl halides is 3. The van der Waals surface area contributed by atoms with Gasteiger partial charge in [-0.2, -0.15) is 17.5 Å². The number of carbonyl (C=O) groups is 1. The molecule has 0 bridgehead atoms. The fraction of sp³-hybridized carbons (Fsp3) is 0.480. The zero-order valence-electron chi connectivity index (χ0n) is 19.8. The molecule has 2 aromatic rings. The molecule has 0 aromatic heterocycles. The van der Waals surface area contributed by atoms with Crippen molar-refractivity contribution in [2.45, 2.75) is 62.3 Å². The Balaban J connectivity index is 1.47. The van der Waals surface area contributed by atoms with E-state index in [1.54, 1.807) is 18.7 Å². The Morgan fingerprint density at radius 1 is 0.943 bits per heavy atom. The lowest BCUT2D eigenvalue weighted by Crippen LogP contribution is -2.53. The average Bonchev–Trinajstić information content (AvgIpc) is 3.20. The van der Waals surface area contributed by atoms with Crippen LogP contribution in [0.15, 0.2) is 59.5 Å². The van der Waals surface area contributed by atoms with Crippen LogP contribution in [-0.4, -0.2) is 61.3 Å². The molecule has 6 nitrogen and oxygen atoms in total. The van der Waals surface area contributed by atoms with Gasteiger partial charge < -0.3 is 4.90 Å². The number of para-hydroxylation sites is 1. The maximum Gasteiger partial charge on any atom is 0.416 e. The highest BCUT2D eigenvalue weighted by Gasteiger charge is 2.41. The predicted octanol–water partition coefficient (Wildman–Crippen LogP) is 4.37. The van der Waals surface area contributed by atoms with Gasteiger partial charge in [-0.3, -0.25) is 9.69 Å². The van der Waals surface area contributed by atoms with Gasteiger partial charge in [0, 0.05) is 37.4 Å². The van der Waals surface area contributed by atoms with Crippen LogP contribution in [0, 0.1) is 0 Å². The molecule has 0 radical (unpaired) electrons. The number of hydrogen-bond acceptors (Lipinski definition) is 4. The highest BCUT2D eigenvalue weighted by Crippen LogP contribution is 2.34. The minimum Gasteiger partial charge on any atom is -0.311 e. The molecule has 10 heteroatoms. The van der Waals surface area contributed by atoms with Crippen molar-refractivity contribution in [3.63, 3.8) is 0 Å². The number of nitrogens with zero attached hydrogens (tertiary/aromatic N) is 3. The first-order chi connectivity index (χ1) is 16.5. The number of hydrogen-bond donors (Lipinski definition) is 0. The van der Waals surface area contributed by atoms with Crippen molar-refractivity contribution in [1.29, 1.82) is 0 Å². The number of halogens is 3. The van der Waals surface area contributed by atoms with E-state index < -0.39 is 27.8 Å². The first-order valence-corrected chi connectivity index (χ1v) is 13.3. The van der Waals surface area contributed by atoms with E-state index >= 15 is 0 Å². The lowest BCUT2D eigenvalue weighted by molar-refractivity contribution is -0.137. The molecule has 1 amide bonds. The first-order valence-electron chi connectivity index (χ1n) is 11.8. The lowest BCUT2D eigenvalue weighted by atomic mass is 10.0. The van der Waals surface area contributed by atoms with Crippen LogP contribution in [0.4, 0.5) is 18.9 Å². The maximum atomic E-state index is 13.4. The Morgan fingerprint density at radius 3 is 2.20 bits per heavy atom. The Morgan fingerprint density at radius 2 is 1.60 bits per heavy atom. The van der Waals surface area contributed by atoms with Gasteiger partial charge in [-0.05, 0) is 63.4 Å². The summed E-state index contributed by atoms with van der Waals surface area (Å²) >= 11 is 0. The smallest absolute Gasteiger partial charge is 0.311 e. The van der Waals surface area contributed by atoms with Gasteiger partial charge in [0.1, 0.15) is 0 Å². The van der Waals surface area contributed by atoms with Crippen LogP contribution < -0.4 is 4.90 Å². The van der Waals surface area contributed by atoms with Crippen LogP contribution in [0.25, 0.3) is 0 Å². The Hall–Kier alpha value is -2.43. The third kappa shape index (κ3) is 5.24. The summed E-state index contributed by atoms with van der Waals surface area (Å²) in [6, 6.07) is 12.4. The van der Waals surface area contributed by atoms with Crippen molar-refractivity contribution in [1.82, 2.24) is 9.21 Å².